The number of aryl methyl sites for hydroxylation is 2. The molecule has 0 aliphatic heterocycles. The first-order valence-corrected chi connectivity index (χ1v) is 5.15. The highest BCUT2D eigenvalue weighted by molar-refractivity contribution is 6.06. The van der Waals surface area contributed by atoms with Gasteiger partial charge in [0.05, 0.1) is 11.0 Å². The number of hydrogen-bond acceptors (Lipinski definition) is 3. The lowest BCUT2D eigenvalue weighted by Gasteiger charge is -2.03. The molecule has 4 nitrogen and oxygen atoms in total. The largest absolute Gasteiger partial charge is 0.382 e. The summed E-state index contributed by atoms with van der Waals surface area (Å²) in [6.45, 7) is 1.97. The molecular formula is C12H13ClN4. The second kappa shape index (κ2) is 3.89. The number of aromatic nitrogens is 3. The van der Waals surface area contributed by atoms with E-state index in [0.717, 1.165) is 27.8 Å². The summed E-state index contributed by atoms with van der Waals surface area (Å²) in [5, 5.41) is 1.09. The fourth-order valence-electron chi connectivity index (χ4n) is 2.05. The minimum atomic E-state index is 0. The predicted octanol–water partition coefficient (Wildman–Crippen LogP) is 2.43. The monoisotopic (exact) mass is 248 g/mol. The van der Waals surface area contributed by atoms with Gasteiger partial charge in [-0.3, -0.25) is 0 Å². The molecule has 88 valence electrons. The minimum absolute atomic E-state index is 0. The van der Waals surface area contributed by atoms with Crippen LogP contribution < -0.4 is 5.73 Å². The zero-order chi connectivity index (χ0) is 11.3. The molecule has 3 rings (SSSR count). The van der Waals surface area contributed by atoms with Crippen molar-refractivity contribution in [1.82, 2.24) is 14.5 Å². The van der Waals surface area contributed by atoms with Gasteiger partial charge in [-0.25, -0.2) is 9.97 Å². The van der Waals surface area contributed by atoms with Crippen molar-refractivity contribution in [3.05, 3.63) is 30.1 Å². The molecule has 0 aliphatic rings. The summed E-state index contributed by atoms with van der Waals surface area (Å²) >= 11 is 0. The van der Waals surface area contributed by atoms with Gasteiger partial charge in [-0.2, -0.15) is 0 Å². The van der Waals surface area contributed by atoms with E-state index in [1.807, 2.05) is 38.2 Å². The zero-order valence-electron chi connectivity index (χ0n) is 9.64. The Bertz CT molecular complexity index is 702. The van der Waals surface area contributed by atoms with E-state index >= 15 is 0 Å². The maximum absolute atomic E-state index is 5.92. The van der Waals surface area contributed by atoms with Gasteiger partial charge < -0.3 is 10.3 Å². The molecule has 0 saturated carbocycles. The van der Waals surface area contributed by atoms with E-state index in [4.69, 9.17) is 5.73 Å². The summed E-state index contributed by atoms with van der Waals surface area (Å²) in [5.41, 5.74) is 8.68. The SMILES string of the molecule is Cc1nc2c(N)nc3ccccc3c2n1C.Cl. The smallest absolute Gasteiger partial charge is 0.152 e. The molecular weight excluding hydrogens is 236 g/mol. The number of imidazole rings is 1. The molecule has 0 saturated heterocycles. The fourth-order valence-corrected chi connectivity index (χ4v) is 2.05. The van der Waals surface area contributed by atoms with Crippen LogP contribution in [0.1, 0.15) is 5.82 Å². The van der Waals surface area contributed by atoms with Gasteiger partial charge >= 0.3 is 0 Å². The lowest BCUT2D eigenvalue weighted by atomic mass is 10.2. The number of hydrogen-bond donors (Lipinski definition) is 1. The van der Waals surface area contributed by atoms with Crippen molar-refractivity contribution < 1.29 is 0 Å². The van der Waals surface area contributed by atoms with Crippen LogP contribution in [0.2, 0.25) is 0 Å². The Morgan fingerprint density at radius 1 is 1.18 bits per heavy atom. The van der Waals surface area contributed by atoms with Gasteiger partial charge in [-0.15, -0.1) is 12.4 Å². The van der Waals surface area contributed by atoms with E-state index in [-0.39, 0.29) is 12.4 Å². The maximum Gasteiger partial charge on any atom is 0.152 e. The molecule has 3 aromatic rings. The molecule has 0 atom stereocenters. The van der Waals surface area contributed by atoms with Crippen LogP contribution >= 0.6 is 12.4 Å². The topological polar surface area (TPSA) is 56.7 Å². The highest BCUT2D eigenvalue weighted by Crippen LogP contribution is 2.27. The van der Waals surface area contributed by atoms with E-state index in [1.165, 1.54) is 0 Å². The van der Waals surface area contributed by atoms with Crippen LogP contribution in [0.4, 0.5) is 5.82 Å². The summed E-state index contributed by atoms with van der Waals surface area (Å²) in [7, 11) is 2.00. The zero-order valence-corrected chi connectivity index (χ0v) is 10.5. The highest BCUT2D eigenvalue weighted by Gasteiger charge is 2.12. The number of rotatable bonds is 0. The van der Waals surface area contributed by atoms with Crippen LogP contribution in [0.5, 0.6) is 0 Å². The van der Waals surface area contributed by atoms with Gasteiger partial charge in [0.15, 0.2) is 5.82 Å². The van der Waals surface area contributed by atoms with Crippen LogP contribution in [0, 0.1) is 6.92 Å². The number of fused-ring (bicyclic) bond motifs is 3. The Morgan fingerprint density at radius 3 is 2.65 bits per heavy atom. The maximum atomic E-state index is 5.92. The predicted molar refractivity (Wildman–Crippen MR) is 72.4 cm³/mol. The normalized spacial score (nSPS) is 10.7. The summed E-state index contributed by atoms with van der Waals surface area (Å²) in [6.07, 6.45) is 0. The molecule has 0 fully saturated rings. The average molecular weight is 249 g/mol. The van der Waals surface area contributed by atoms with Gasteiger partial charge in [0.1, 0.15) is 11.3 Å². The molecule has 0 unspecified atom stereocenters. The number of benzene rings is 1. The summed E-state index contributed by atoms with van der Waals surface area (Å²) in [4.78, 5) is 8.80. The molecule has 0 radical (unpaired) electrons. The standard InChI is InChI=1S/C12H12N4.ClH/c1-7-14-10-11(16(7)2)8-5-3-4-6-9(8)15-12(10)13;/h3-6H,1-2H3,(H2,13,15);1H. The third kappa shape index (κ3) is 1.52. The number of halogens is 1. The fraction of sp³-hybridized carbons (Fsp3) is 0.167. The Morgan fingerprint density at radius 2 is 1.88 bits per heavy atom. The molecule has 17 heavy (non-hydrogen) atoms. The third-order valence-electron chi connectivity index (χ3n) is 2.96. The Balaban J connectivity index is 0.00000108. The van der Waals surface area contributed by atoms with Gasteiger partial charge in [0, 0.05) is 12.4 Å². The summed E-state index contributed by atoms with van der Waals surface area (Å²) in [6, 6.07) is 7.98. The van der Waals surface area contributed by atoms with Crippen molar-refractivity contribution >= 4 is 40.2 Å². The van der Waals surface area contributed by atoms with Crippen molar-refractivity contribution in [2.45, 2.75) is 6.92 Å². The summed E-state index contributed by atoms with van der Waals surface area (Å²) in [5.74, 6) is 1.44. The van der Waals surface area contributed by atoms with Crippen LogP contribution in [-0.2, 0) is 7.05 Å². The first-order valence-electron chi connectivity index (χ1n) is 5.15. The molecule has 0 spiro atoms. The number of pyridine rings is 1. The van der Waals surface area contributed by atoms with Crippen molar-refractivity contribution in [1.29, 1.82) is 0 Å². The molecule has 2 heterocycles. The second-order valence-corrected chi connectivity index (χ2v) is 3.93. The van der Waals surface area contributed by atoms with Gasteiger partial charge in [-0.05, 0) is 13.0 Å². The van der Waals surface area contributed by atoms with E-state index in [0.29, 0.717) is 5.82 Å². The van der Waals surface area contributed by atoms with E-state index < -0.39 is 0 Å². The second-order valence-electron chi connectivity index (χ2n) is 3.93. The van der Waals surface area contributed by atoms with Crippen molar-refractivity contribution in [3.63, 3.8) is 0 Å². The van der Waals surface area contributed by atoms with Crippen LogP contribution in [0.15, 0.2) is 24.3 Å². The van der Waals surface area contributed by atoms with Gasteiger partial charge in [0.25, 0.3) is 0 Å². The number of para-hydroxylation sites is 1. The van der Waals surface area contributed by atoms with Gasteiger partial charge in [0.2, 0.25) is 0 Å². The number of nitrogens with zero attached hydrogens (tertiary/aromatic N) is 3. The van der Waals surface area contributed by atoms with E-state index in [2.05, 4.69) is 14.5 Å². The third-order valence-corrected chi connectivity index (χ3v) is 2.96. The first kappa shape index (κ1) is 11.7. The Labute approximate surface area is 105 Å². The minimum Gasteiger partial charge on any atom is -0.382 e. The lowest BCUT2D eigenvalue weighted by Crippen LogP contribution is -1.95. The molecule has 0 bridgehead atoms. The van der Waals surface area contributed by atoms with Crippen LogP contribution in [0.25, 0.3) is 21.9 Å². The first-order chi connectivity index (χ1) is 7.68. The Kier molecular flexibility index (Phi) is 2.67. The number of nitrogen functional groups attached to an aromatic ring is 1. The van der Waals surface area contributed by atoms with Crippen molar-refractivity contribution in [2.24, 2.45) is 7.05 Å². The van der Waals surface area contributed by atoms with E-state index in [1.54, 1.807) is 0 Å². The molecule has 2 aromatic heterocycles. The average Bonchev–Trinajstić information content (AvgIpc) is 2.57. The summed E-state index contributed by atoms with van der Waals surface area (Å²) < 4.78 is 2.05. The molecule has 0 amide bonds. The molecule has 0 aliphatic carbocycles. The van der Waals surface area contributed by atoms with Crippen molar-refractivity contribution in [2.75, 3.05) is 5.73 Å². The highest BCUT2D eigenvalue weighted by atomic mass is 35.5. The van der Waals surface area contributed by atoms with Crippen LogP contribution in [-0.4, -0.2) is 14.5 Å². The van der Waals surface area contributed by atoms with E-state index in [9.17, 15) is 0 Å². The Hall–Kier alpha value is -1.81. The van der Waals surface area contributed by atoms with Gasteiger partial charge in [-0.1, -0.05) is 18.2 Å². The van der Waals surface area contributed by atoms with Crippen molar-refractivity contribution in [3.8, 4) is 0 Å². The lowest BCUT2D eigenvalue weighted by molar-refractivity contribution is 0.888. The molecule has 2 N–H and O–H groups in total. The molecule has 1 aromatic carbocycles. The van der Waals surface area contributed by atoms with Crippen LogP contribution in [0.3, 0.4) is 0 Å². The molecule has 5 heteroatoms. The number of nitrogens with two attached hydrogens (primary N) is 1. The quantitative estimate of drug-likeness (QED) is 0.665. The number of anilines is 1.